The summed E-state index contributed by atoms with van der Waals surface area (Å²) >= 11 is 0. The summed E-state index contributed by atoms with van der Waals surface area (Å²) in [5, 5.41) is 4.40. The van der Waals surface area contributed by atoms with Crippen molar-refractivity contribution in [2.45, 2.75) is 76.9 Å². The largest absolute Gasteiger partial charge is 0.741 e. The molecule has 0 bridgehead atoms. The van der Waals surface area contributed by atoms with Crippen LogP contribution in [0, 0.1) is 0 Å². The molecule has 14 heteroatoms. The first-order valence-electron chi connectivity index (χ1n) is 9.09. The summed E-state index contributed by atoms with van der Waals surface area (Å²) in [6, 6.07) is -0.0438. The van der Waals surface area contributed by atoms with Gasteiger partial charge in [-0.15, -0.1) is 9.36 Å². The van der Waals surface area contributed by atoms with Crippen LogP contribution in [0.25, 0.3) is 0 Å². The highest BCUT2D eigenvalue weighted by Crippen LogP contribution is 2.20. The lowest BCUT2D eigenvalue weighted by atomic mass is 10.1. The van der Waals surface area contributed by atoms with Gasteiger partial charge in [0.05, 0.1) is 11.0 Å². The van der Waals surface area contributed by atoms with Gasteiger partial charge in [0.2, 0.25) is 0 Å². The van der Waals surface area contributed by atoms with Crippen LogP contribution in [0.1, 0.15) is 64.8 Å². The summed E-state index contributed by atoms with van der Waals surface area (Å²) < 4.78 is 92.8. The van der Waals surface area contributed by atoms with Crippen molar-refractivity contribution in [3.8, 4) is 0 Å². The molecule has 1 heterocycles. The van der Waals surface area contributed by atoms with Gasteiger partial charge in [0.25, 0.3) is 10.1 Å². The Hall–Kier alpha value is -1.25. The Morgan fingerprint density at radius 3 is 2.14 bits per heavy atom. The quantitative estimate of drug-likeness (QED) is 0.229. The van der Waals surface area contributed by atoms with E-state index in [0.29, 0.717) is 6.42 Å². The first-order valence-corrected chi connectivity index (χ1v) is 12.1. The second-order valence-corrected chi connectivity index (χ2v) is 9.47. The van der Waals surface area contributed by atoms with Gasteiger partial charge in [0.15, 0.2) is 22.5 Å². The lowest BCUT2D eigenvalue weighted by molar-refractivity contribution is -0.775. The number of aryl methyl sites for hydroxylation is 1. The van der Waals surface area contributed by atoms with E-state index in [1.54, 1.807) is 4.68 Å². The van der Waals surface area contributed by atoms with E-state index in [-0.39, 0.29) is 11.8 Å². The maximum absolute atomic E-state index is 10.7. The lowest BCUT2D eigenvalue weighted by Crippen LogP contribution is -2.41. The van der Waals surface area contributed by atoms with Crippen molar-refractivity contribution < 1.29 is 43.8 Å². The first kappa shape index (κ1) is 27.8. The van der Waals surface area contributed by atoms with Crippen molar-refractivity contribution in [1.82, 2.24) is 9.90 Å². The third-order valence-corrected chi connectivity index (χ3v) is 5.20. The highest BCUT2D eigenvalue weighted by molar-refractivity contribution is 7.86. The summed E-state index contributed by atoms with van der Waals surface area (Å²) in [5.74, 6) is -0.231. The van der Waals surface area contributed by atoms with Crippen molar-refractivity contribution in [1.29, 1.82) is 0 Å². The second kappa shape index (κ2) is 12.4. The highest BCUT2D eigenvalue weighted by Gasteiger charge is 2.36. The van der Waals surface area contributed by atoms with Crippen molar-refractivity contribution >= 4 is 20.2 Å². The number of rotatable bonds is 11. The van der Waals surface area contributed by atoms with Crippen LogP contribution in [0.15, 0.2) is 12.4 Å². The molecule has 0 saturated heterocycles. The van der Waals surface area contributed by atoms with Gasteiger partial charge < -0.3 is 4.55 Å². The van der Waals surface area contributed by atoms with E-state index in [1.807, 2.05) is 24.0 Å². The molecule has 0 aliphatic heterocycles. The Labute approximate surface area is 169 Å². The average molecular weight is 468 g/mol. The average Bonchev–Trinajstić information content (AvgIpc) is 3.03. The fourth-order valence-electron chi connectivity index (χ4n) is 2.20. The predicted octanol–water partition coefficient (Wildman–Crippen LogP) is 2.42. The van der Waals surface area contributed by atoms with Gasteiger partial charge in [-0.1, -0.05) is 32.6 Å². The summed E-state index contributed by atoms with van der Waals surface area (Å²) in [7, 11) is -9.98. The molecule has 1 aromatic rings. The fraction of sp³-hybridized carbons (Fsp3) is 0.867. The van der Waals surface area contributed by atoms with Gasteiger partial charge in [-0.05, 0) is 19.8 Å². The zero-order chi connectivity index (χ0) is 22.7. The molecule has 0 aromatic carbocycles. The van der Waals surface area contributed by atoms with Gasteiger partial charge in [-0.25, -0.2) is 8.42 Å². The van der Waals surface area contributed by atoms with Gasteiger partial charge in [-0.2, -0.15) is 21.6 Å². The van der Waals surface area contributed by atoms with Crippen LogP contribution >= 0.6 is 0 Å². The van der Waals surface area contributed by atoms with Gasteiger partial charge in [0.1, 0.15) is 12.6 Å². The predicted molar refractivity (Wildman–Crippen MR) is 97.3 cm³/mol. The first-order chi connectivity index (χ1) is 13.2. The van der Waals surface area contributed by atoms with E-state index in [0.717, 1.165) is 13.0 Å². The fourth-order valence-corrected chi connectivity index (χ4v) is 2.84. The van der Waals surface area contributed by atoms with Crippen LogP contribution in [-0.4, -0.2) is 47.1 Å². The van der Waals surface area contributed by atoms with Crippen molar-refractivity contribution in [3.05, 3.63) is 12.4 Å². The Bertz CT molecular complexity index is 794. The molecule has 1 unspecified atom stereocenters. The monoisotopic (exact) mass is 467 g/mol. The minimum Gasteiger partial charge on any atom is -0.741 e. The summed E-state index contributed by atoms with van der Waals surface area (Å²) in [4.78, 5) is 0. The Morgan fingerprint density at radius 1 is 1.14 bits per heavy atom. The molecule has 1 aromatic heterocycles. The molecule has 1 rings (SSSR count). The molecule has 0 aliphatic rings. The molecule has 0 fully saturated rings. The minimum atomic E-state index is -6.09. The molecule has 0 aliphatic carbocycles. The van der Waals surface area contributed by atoms with Crippen molar-refractivity contribution in [2.24, 2.45) is 0 Å². The summed E-state index contributed by atoms with van der Waals surface area (Å²) in [6.45, 7) is 5.00. The topological polar surface area (TPSA) is 133 Å². The molecule has 0 saturated carbocycles. The maximum atomic E-state index is 10.7. The lowest BCUT2D eigenvalue weighted by Gasteiger charge is -2.08. The molecule has 29 heavy (non-hydrogen) atoms. The molecule has 0 spiro atoms. The Morgan fingerprint density at radius 2 is 1.66 bits per heavy atom. The van der Waals surface area contributed by atoms with Crippen LogP contribution in [0.2, 0.25) is 0 Å². The molecule has 0 amide bonds. The maximum Gasteiger partial charge on any atom is 0.485 e. The van der Waals surface area contributed by atoms with E-state index in [2.05, 4.69) is 12.1 Å². The van der Waals surface area contributed by atoms with Crippen LogP contribution in [-0.2, 0) is 26.8 Å². The number of alkyl halides is 3. The van der Waals surface area contributed by atoms with Crippen molar-refractivity contribution in [3.63, 3.8) is 0 Å². The summed E-state index contributed by atoms with van der Waals surface area (Å²) in [6.07, 6.45) is 11.6. The molecule has 172 valence electrons. The number of hydrogen-bond donors (Lipinski definition) is 1. The third kappa shape index (κ3) is 13.6. The molecule has 9 nitrogen and oxygen atoms in total. The highest BCUT2D eigenvalue weighted by atomic mass is 32.2. The molecular formula is C15H28F3N3O6S2. The number of unbranched alkanes of at least 4 members (excludes halogenated alkanes) is 5. The van der Waals surface area contributed by atoms with Gasteiger partial charge in [-0.3, -0.25) is 4.55 Å². The van der Waals surface area contributed by atoms with Crippen LogP contribution in [0.3, 0.4) is 0 Å². The van der Waals surface area contributed by atoms with Crippen LogP contribution in [0.4, 0.5) is 13.2 Å². The van der Waals surface area contributed by atoms with Gasteiger partial charge >= 0.3 is 5.51 Å². The van der Waals surface area contributed by atoms with E-state index in [1.165, 1.54) is 32.1 Å². The van der Waals surface area contributed by atoms with E-state index >= 15 is 0 Å². The zero-order valence-electron chi connectivity index (χ0n) is 16.4. The normalized spacial score (nSPS) is 13.6. The van der Waals surface area contributed by atoms with E-state index in [4.69, 9.17) is 17.5 Å². The molecule has 1 atom stereocenters. The summed E-state index contributed by atoms with van der Waals surface area (Å²) in [5.41, 5.74) is -5.65. The molecular weight excluding hydrogens is 439 g/mol. The minimum absolute atomic E-state index is 0.0438. The Balaban J connectivity index is 0.000000828. The smallest absolute Gasteiger partial charge is 0.485 e. The van der Waals surface area contributed by atoms with Gasteiger partial charge in [0, 0.05) is 6.42 Å². The van der Waals surface area contributed by atoms with E-state index < -0.39 is 25.7 Å². The zero-order valence-corrected chi connectivity index (χ0v) is 18.0. The second-order valence-electron chi connectivity index (χ2n) is 6.52. The number of halogens is 3. The number of aromatic nitrogens is 3. The van der Waals surface area contributed by atoms with Crippen LogP contribution < -0.4 is 4.68 Å². The number of hydrogen-bond acceptors (Lipinski definition) is 6. The molecule has 1 N–H and O–H groups in total. The third-order valence-electron chi connectivity index (χ3n) is 3.88. The Kier molecular flexibility index (Phi) is 11.9. The number of nitrogens with zero attached hydrogens (tertiary/aromatic N) is 3. The van der Waals surface area contributed by atoms with E-state index in [9.17, 15) is 21.6 Å². The standard InChI is InChI=1S/C14H27N3O3S.CHF3O3S/c1-3-4-5-6-7-8-10-16-11-12-17(15-16)14(2)9-13-21(18,19)20;2-1(3,4)8(5,6)7/h11-12,14H,3-10,13H2,1-2H3;(H,5,6,7). The SMILES string of the molecule is CCCCCCCCn1cc[n+](C(C)CCS(=O)(=O)O)n1.O=S(=O)([O-])C(F)(F)F. The molecule has 0 radical (unpaired) electrons. The van der Waals surface area contributed by atoms with Crippen LogP contribution in [0.5, 0.6) is 0 Å². The van der Waals surface area contributed by atoms with Crippen molar-refractivity contribution in [2.75, 3.05) is 5.75 Å².